The topological polar surface area (TPSA) is 52.5 Å². The first-order valence-corrected chi connectivity index (χ1v) is 6.18. The summed E-state index contributed by atoms with van der Waals surface area (Å²) in [5.74, 6) is 1.05. The van der Waals surface area contributed by atoms with Crippen molar-refractivity contribution in [3.63, 3.8) is 0 Å². The molecule has 0 aromatic heterocycles. The lowest BCUT2D eigenvalue weighted by Crippen LogP contribution is -2.30. The summed E-state index contributed by atoms with van der Waals surface area (Å²) in [5, 5.41) is 22.6. The van der Waals surface area contributed by atoms with Crippen LogP contribution in [0.2, 0.25) is 0 Å². The lowest BCUT2D eigenvalue weighted by molar-refractivity contribution is 0.392. The van der Waals surface area contributed by atoms with Crippen LogP contribution in [0.1, 0.15) is 45.7 Å². The average Bonchev–Trinajstić information content (AvgIpc) is 2.20. The molecular weight excluding hydrogens is 214 g/mol. The Hall–Kier alpha value is -1.22. The van der Waals surface area contributed by atoms with E-state index in [-0.39, 0.29) is 17.5 Å². The maximum atomic E-state index is 9.75. The van der Waals surface area contributed by atoms with Gasteiger partial charge in [-0.1, -0.05) is 13.8 Å². The third-order valence-corrected chi connectivity index (χ3v) is 2.84. The van der Waals surface area contributed by atoms with Crippen molar-refractivity contribution < 1.29 is 10.2 Å². The van der Waals surface area contributed by atoms with E-state index >= 15 is 0 Å². The fraction of sp³-hybridized carbons (Fsp3) is 0.571. The van der Waals surface area contributed by atoms with Gasteiger partial charge in [-0.25, -0.2) is 0 Å². The standard InChI is InChI=1S/C14H23NO2/c1-9(2)7-10(3)15-11(4)13-8-12(16)5-6-14(13)17/h5-6,8-11,15-17H,7H2,1-4H3. The molecule has 96 valence electrons. The van der Waals surface area contributed by atoms with E-state index in [1.807, 2.05) is 6.92 Å². The number of hydrogen-bond acceptors (Lipinski definition) is 3. The van der Waals surface area contributed by atoms with Crippen molar-refractivity contribution in [1.29, 1.82) is 0 Å². The Balaban J connectivity index is 2.69. The Labute approximate surface area is 103 Å². The molecule has 1 aromatic rings. The van der Waals surface area contributed by atoms with Gasteiger partial charge in [0.25, 0.3) is 0 Å². The monoisotopic (exact) mass is 237 g/mol. The third-order valence-electron chi connectivity index (χ3n) is 2.84. The van der Waals surface area contributed by atoms with E-state index in [0.717, 1.165) is 12.0 Å². The summed E-state index contributed by atoms with van der Waals surface area (Å²) < 4.78 is 0. The van der Waals surface area contributed by atoms with Crippen molar-refractivity contribution in [1.82, 2.24) is 5.32 Å². The Morgan fingerprint density at radius 2 is 1.76 bits per heavy atom. The maximum Gasteiger partial charge on any atom is 0.120 e. The average molecular weight is 237 g/mol. The molecule has 1 aromatic carbocycles. The summed E-state index contributed by atoms with van der Waals surface area (Å²) in [5.41, 5.74) is 0.737. The molecule has 0 bridgehead atoms. The Kier molecular flexibility index (Phi) is 4.82. The SMILES string of the molecule is CC(C)CC(C)NC(C)c1cc(O)ccc1O. The number of phenolic OH excluding ortho intramolecular Hbond substituents is 2. The zero-order chi connectivity index (χ0) is 13.0. The molecule has 2 atom stereocenters. The highest BCUT2D eigenvalue weighted by atomic mass is 16.3. The van der Waals surface area contributed by atoms with E-state index < -0.39 is 0 Å². The minimum atomic E-state index is 0.0239. The Morgan fingerprint density at radius 3 is 2.35 bits per heavy atom. The molecule has 0 spiro atoms. The van der Waals surface area contributed by atoms with Crippen LogP contribution in [0.15, 0.2) is 18.2 Å². The molecule has 0 aliphatic carbocycles. The van der Waals surface area contributed by atoms with E-state index in [2.05, 4.69) is 26.1 Å². The van der Waals surface area contributed by atoms with Crippen molar-refractivity contribution in [3.05, 3.63) is 23.8 Å². The van der Waals surface area contributed by atoms with Crippen LogP contribution in [-0.4, -0.2) is 16.3 Å². The first-order chi connectivity index (χ1) is 7.90. The first-order valence-electron chi connectivity index (χ1n) is 6.18. The summed E-state index contributed by atoms with van der Waals surface area (Å²) >= 11 is 0. The molecule has 0 saturated heterocycles. The van der Waals surface area contributed by atoms with Crippen LogP contribution in [-0.2, 0) is 0 Å². The molecule has 0 fully saturated rings. The number of aromatic hydroxyl groups is 2. The fourth-order valence-corrected chi connectivity index (χ4v) is 2.18. The van der Waals surface area contributed by atoms with Crippen LogP contribution < -0.4 is 5.32 Å². The summed E-state index contributed by atoms with van der Waals surface area (Å²) in [7, 11) is 0. The smallest absolute Gasteiger partial charge is 0.120 e. The lowest BCUT2D eigenvalue weighted by Gasteiger charge is -2.22. The second-order valence-electron chi connectivity index (χ2n) is 5.16. The van der Waals surface area contributed by atoms with E-state index in [4.69, 9.17) is 0 Å². The summed E-state index contributed by atoms with van der Waals surface area (Å²) in [6.45, 7) is 8.50. The summed E-state index contributed by atoms with van der Waals surface area (Å²) in [6.07, 6.45) is 1.09. The van der Waals surface area contributed by atoms with E-state index in [0.29, 0.717) is 12.0 Å². The number of benzene rings is 1. The highest BCUT2D eigenvalue weighted by molar-refractivity contribution is 5.40. The zero-order valence-corrected chi connectivity index (χ0v) is 11.1. The molecule has 0 radical (unpaired) electrons. The molecule has 3 N–H and O–H groups in total. The second-order valence-corrected chi connectivity index (χ2v) is 5.16. The van der Waals surface area contributed by atoms with Gasteiger partial charge in [0.15, 0.2) is 0 Å². The highest BCUT2D eigenvalue weighted by Gasteiger charge is 2.14. The van der Waals surface area contributed by atoms with Crippen LogP contribution in [0, 0.1) is 5.92 Å². The number of nitrogens with one attached hydrogen (secondary N) is 1. The van der Waals surface area contributed by atoms with Crippen molar-refractivity contribution >= 4 is 0 Å². The molecule has 1 rings (SSSR count). The van der Waals surface area contributed by atoms with E-state index in [9.17, 15) is 10.2 Å². The maximum absolute atomic E-state index is 9.75. The molecule has 0 heterocycles. The molecule has 17 heavy (non-hydrogen) atoms. The summed E-state index contributed by atoms with van der Waals surface area (Å²) in [4.78, 5) is 0. The minimum Gasteiger partial charge on any atom is -0.508 e. The molecule has 0 amide bonds. The van der Waals surface area contributed by atoms with Crippen LogP contribution in [0.25, 0.3) is 0 Å². The van der Waals surface area contributed by atoms with Crippen LogP contribution in [0.5, 0.6) is 11.5 Å². The van der Waals surface area contributed by atoms with Crippen molar-refractivity contribution in [2.24, 2.45) is 5.92 Å². The van der Waals surface area contributed by atoms with Gasteiger partial charge in [-0.05, 0) is 44.4 Å². The number of phenols is 2. The molecule has 0 aliphatic heterocycles. The fourth-order valence-electron chi connectivity index (χ4n) is 2.18. The van der Waals surface area contributed by atoms with Gasteiger partial charge in [0.05, 0.1) is 0 Å². The predicted octanol–water partition coefficient (Wildman–Crippen LogP) is 3.18. The van der Waals surface area contributed by atoms with Gasteiger partial charge in [-0.2, -0.15) is 0 Å². The van der Waals surface area contributed by atoms with Gasteiger partial charge in [0.1, 0.15) is 11.5 Å². The van der Waals surface area contributed by atoms with Gasteiger partial charge in [0.2, 0.25) is 0 Å². The van der Waals surface area contributed by atoms with Crippen molar-refractivity contribution in [3.8, 4) is 11.5 Å². The van der Waals surface area contributed by atoms with Crippen LogP contribution in [0.4, 0.5) is 0 Å². The zero-order valence-electron chi connectivity index (χ0n) is 11.1. The van der Waals surface area contributed by atoms with Gasteiger partial charge < -0.3 is 15.5 Å². The second kappa shape index (κ2) is 5.92. The predicted molar refractivity (Wildman–Crippen MR) is 70.2 cm³/mol. The molecule has 0 saturated carbocycles. The largest absolute Gasteiger partial charge is 0.508 e. The molecule has 2 unspecified atom stereocenters. The van der Waals surface area contributed by atoms with Crippen molar-refractivity contribution in [2.75, 3.05) is 0 Å². The number of rotatable bonds is 5. The van der Waals surface area contributed by atoms with Crippen molar-refractivity contribution in [2.45, 2.75) is 46.2 Å². The molecular formula is C14H23NO2. The van der Waals surface area contributed by atoms with Crippen LogP contribution in [0.3, 0.4) is 0 Å². The quantitative estimate of drug-likeness (QED) is 0.689. The normalized spacial score (nSPS) is 14.9. The van der Waals surface area contributed by atoms with Gasteiger partial charge in [-0.15, -0.1) is 0 Å². The van der Waals surface area contributed by atoms with E-state index in [1.165, 1.54) is 12.1 Å². The Morgan fingerprint density at radius 1 is 1.12 bits per heavy atom. The third kappa shape index (κ3) is 4.27. The minimum absolute atomic E-state index is 0.0239. The highest BCUT2D eigenvalue weighted by Crippen LogP contribution is 2.28. The van der Waals surface area contributed by atoms with Gasteiger partial charge in [-0.3, -0.25) is 0 Å². The Bertz CT molecular complexity index is 363. The first kappa shape index (κ1) is 13.8. The number of hydrogen-bond donors (Lipinski definition) is 3. The van der Waals surface area contributed by atoms with Crippen LogP contribution >= 0.6 is 0 Å². The van der Waals surface area contributed by atoms with E-state index in [1.54, 1.807) is 6.07 Å². The lowest BCUT2D eigenvalue weighted by atomic mass is 10.0. The van der Waals surface area contributed by atoms with Gasteiger partial charge >= 0.3 is 0 Å². The molecule has 3 nitrogen and oxygen atoms in total. The summed E-state index contributed by atoms with van der Waals surface area (Å²) in [6, 6.07) is 5.02. The van der Waals surface area contributed by atoms with Gasteiger partial charge in [0, 0.05) is 17.6 Å². The molecule has 0 aliphatic rings. The molecule has 3 heteroatoms.